The number of benzene rings is 1. The number of fused-ring (bicyclic) bond motifs is 1. The van der Waals surface area contributed by atoms with Gasteiger partial charge < -0.3 is 0 Å². The van der Waals surface area contributed by atoms with Gasteiger partial charge in [-0.25, -0.2) is 4.98 Å². The van der Waals surface area contributed by atoms with Crippen molar-refractivity contribution in [3.63, 3.8) is 0 Å². The van der Waals surface area contributed by atoms with Gasteiger partial charge in [-0.1, -0.05) is 29.8 Å². The van der Waals surface area contributed by atoms with Crippen molar-refractivity contribution in [2.75, 3.05) is 11.4 Å². The molecule has 0 saturated carbocycles. The van der Waals surface area contributed by atoms with Crippen LogP contribution < -0.4 is 4.90 Å². The second-order valence-corrected chi connectivity index (χ2v) is 6.58. The fraction of sp³-hybridized carbons (Fsp3) is 0.375. The molecule has 2 fully saturated rings. The van der Waals surface area contributed by atoms with E-state index < -0.39 is 0 Å². The Balaban J connectivity index is 1.80. The summed E-state index contributed by atoms with van der Waals surface area (Å²) in [7, 11) is 0. The molecule has 4 nitrogen and oxygen atoms in total. The Bertz CT molecular complexity index is 653. The van der Waals surface area contributed by atoms with Crippen LogP contribution in [0.5, 0.6) is 0 Å². The standard InChI is InChI=1S/C16H17N3OS/c1-11-4-6-12(7-5-11)14-18-9-2-3-13(18)15(20)19(14)16-17-8-10-21-16/h4-8,10,13-14H,2-3,9H2,1H3/t13-,14+/m0/s1. The van der Waals surface area contributed by atoms with Crippen LogP contribution in [0.2, 0.25) is 0 Å². The third kappa shape index (κ3) is 2.00. The highest BCUT2D eigenvalue weighted by atomic mass is 32.1. The molecular weight excluding hydrogens is 282 g/mol. The van der Waals surface area contributed by atoms with Gasteiger partial charge in [0.2, 0.25) is 5.91 Å². The number of amides is 1. The van der Waals surface area contributed by atoms with Crippen molar-refractivity contribution < 1.29 is 4.79 Å². The van der Waals surface area contributed by atoms with Crippen LogP contribution in [0.3, 0.4) is 0 Å². The largest absolute Gasteiger partial charge is 0.273 e. The topological polar surface area (TPSA) is 36.4 Å². The molecule has 2 atom stereocenters. The maximum absolute atomic E-state index is 12.8. The van der Waals surface area contributed by atoms with Crippen molar-refractivity contribution in [2.24, 2.45) is 0 Å². The molecule has 1 aromatic carbocycles. The Morgan fingerprint density at radius 1 is 1.29 bits per heavy atom. The van der Waals surface area contributed by atoms with E-state index in [4.69, 9.17) is 0 Å². The predicted octanol–water partition coefficient (Wildman–Crippen LogP) is 2.96. The zero-order chi connectivity index (χ0) is 14.4. The number of anilines is 1. The summed E-state index contributed by atoms with van der Waals surface area (Å²) in [4.78, 5) is 21.4. The molecule has 2 aliphatic heterocycles. The predicted molar refractivity (Wildman–Crippen MR) is 83.2 cm³/mol. The molecule has 108 valence electrons. The minimum atomic E-state index is -0.00301. The van der Waals surface area contributed by atoms with Gasteiger partial charge in [-0.2, -0.15) is 0 Å². The fourth-order valence-electron chi connectivity index (χ4n) is 3.39. The quantitative estimate of drug-likeness (QED) is 0.855. The lowest BCUT2D eigenvalue weighted by Gasteiger charge is -2.28. The normalized spacial score (nSPS) is 25.6. The summed E-state index contributed by atoms with van der Waals surface area (Å²) >= 11 is 1.53. The molecule has 2 saturated heterocycles. The lowest BCUT2D eigenvalue weighted by atomic mass is 10.1. The van der Waals surface area contributed by atoms with Crippen LogP contribution >= 0.6 is 11.3 Å². The Hall–Kier alpha value is -1.72. The average molecular weight is 299 g/mol. The molecule has 2 aliphatic rings. The molecule has 0 spiro atoms. The van der Waals surface area contributed by atoms with Gasteiger partial charge in [-0.05, 0) is 25.3 Å². The summed E-state index contributed by atoms with van der Waals surface area (Å²) in [6.07, 6.45) is 3.83. The Kier molecular flexibility index (Phi) is 3.05. The van der Waals surface area contributed by atoms with Gasteiger partial charge in [0.1, 0.15) is 6.17 Å². The van der Waals surface area contributed by atoms with Gasteiger partial charge in [-0.3, -0.25) is 14.6 Å². The molecule has 1 amide bonds. The summed E-state index contributed by atoms with van der Waals surface area (Å²) in [5.41, 5.74) is 2.41. The molecule has 1 aromatic heterocycles. The number of hydrogen-bond acceptors (Lipinski definition) is 4. The zero-order valence-electron chi connectivity index (χ0n) is 11.9. The van der Waals surface area contributed by atoms with Crippen LogP contribution in [0.25, 0.3) is 0 Å². The highest BCUT2D eigenvalue weighted by molar-refractivity contribution is 7.13. The van der Waals surface area contributed by atoms with Crippen LogP contribution in [0, 0.1) is 6.92 Å². The monoisotopic (exact) mass is 299 g/mol. The molecular formula is C16H17N3OS. The van der Waals surface area contributed by atoms with E-state index in [1.807, 2.05) is 10.3 Å². The molecule has 21 heavy (non-hydrogen) atoms. The van der Waals surface area contributed by atoms with Crippen molar-refractivity contribution in [3.05, 3.63) is 47.0 Å². The molecule has 0 aliphatic carbocycles. The van der Waals surface area contributed by atoms with Crippen LogP contribution in [-0.4, -0.2) is 28.4 Å². The number of nitrogens with zero attached hydrogens (tertiary/aromatic N) is 3. The number of hydrogen-bond donors (Lipinski definition) is 0. The van der Waals surface area contributed by atoms with Crippen molar-refractivity contribution in [2.45, 2.75) is 32.0 Å². The van der Waals surface area contributed by atoms with Crippen molar-refractivity contribution >= 4 is 22.4 Å². The first-order chi connectivity index (χ1) is 10.3. The van der Waals surface area contributed by atoms with E-state index >= 15 is 0 Å². The number of thiazole rings is 1. The number of aryl methyl sites for hydroxylation is 1. The third-order valence-electron chi connectivity index (χ3n) is 4.38. The molecule has 3 heterocycles. The van der Waals surface area contributed by atoms with Crippen LogP contribution in [0.4, 0.5) is 5.13 Å². The second-order valence-electron chi connectivity index (χ2n) is 5.70. The Labute approximate surface area is 128 Å². The number of carbonyl (C=O) groups is 1. The first-order valence-corrected chi connectivity index (χ1v) is 8.18. The van der Waals surface area contributed by atoms with Crippen molar-refractivity contribution in [3.8, 4) is 0 Å². The van der Waals surface area contributed by atoms with Gasteiger partial charge in [-0.15, -0.1) is 11.3 Å². The fourth-order valence-corrected chi connectivity index (χ4v) is 4.06. The van der Waals surface area contributed by atoms with E-state index in [1.165, 1.54) is 22.5 Å². The number of carbonyl (C=O) groups excluding carboxylic acids is 1. The van der Waals surface area contributed by atoms with Gasteiger partial charge in [0.15, 0.2) is 5.13 Å². The Morgan fingerprint density at radius 3 is 2.81 bits per heavy atom. The summed E-state index contributed by atoms with van der Waals surface area (Å²) < 4.78 is 0. The molecule has 0 radical (unpaired) electrons. The summed E-state index contributed by atoms with van der Waals surface area (Å²) in [5.74, 6) is 0.202. The van der Waals surface area contributed by atoms with Crippen molar-refractivity contribution in [1.29, 1.82) is 0 Å². The van der Waals surface area contributed by atoms with Crippen LogP contribution in [-0.2, 0) is 4.79 Å². The molecule has 0 N–H and O–H groups in total. The van der Waals surface area contributed by atoms with Crippen LogP contribution in [0.1, 0.15) is 30.1 Å². The average Bonchev–Trinajstić information content (AvgIpc) is 3.19. The van der Waals surface area contributed by atoms with Crippen molar-refractivity contribution in [1.82, 2.24) is 9.88 Å². The van der Waals surface area contributed by atoms with E-state index in [-0.39, 0.29) is 18.1 Å². The first kappa shape index (κ1) is 13.0. The van der Waals surface area contributed by atoms with E-state index in [2.05, 4.69) is 41.1 Å². The smallest absolute Gasteiger partial charge is 0.247 e. The van der Waals surface area contributed by atoms with Gasteiger partial charge in [0, 0.05) is 18.1 Å². The molecule has 0 bridgehead atoms. The number of aromatic nitrogens is 1. The second kappa shape index (κ2) is 4.93. The molecule has 5 heteroatoms. The lowest BCUT2D eigenvalue weighted by molar-refractivity contribution is -0.119. The maximum Gasteiger partial charge on any atom is 0.247 e. The number of rotatable bonds is 2. The first-order valence-electron chi connectivity index (χ1n) is 7.30. The van der Waals surface area contributed by atoms with E-state index in [0.717, 1.165) is 24.5 Å². The minimum absolute atomic E-state index is 0.00301. The highest BCUT2D eigenvalue weighted by Gasteiger charge is 2.50. The summed E-state index contributed by atoms with van der Waals surface area (Å²) in [5, 5.41) is 2.73. The minimum Gasteiger partial charge on any atom is -0.273 e. The maximum atomic E-state index is 12.8. The third-order valence-corrected chi connectivity index (χ3v) is 5.15. The van der Waals surface area contributed by atoms with Gasteiger partial charge in [0.05, 0.1) is 6.04 Å². The van der Waals surface area contributed by atoms with Gasteiger partial charge >= 0.3 is 0 Å². The Morgan fingerprint density at radius 2 is 2.10 bits per heavy atom. The summed E-state index contributed by atoms with van der Waals surface area (Å²) in [6, 6.07) is 8.52. The van der Waals surface area contributed by atoms with E-state index in [1.54, 1.807) is 6.20 Å². The van der Waals surface area contributed by atoms with Gasteiger partial charge in [0.25, 0.3) is 0 Å². The lowest BCUT2D eigenvalue weighted by Crippen LogP contribution is -2.32. The highest BCUT2D eigenvalue weighted by Crippen LogP contribution is 2.42. The summed E-state index contributed by atoms with van der Waals surface area (Å²) in [6.45, 7) is 3.07. The molecule has 4 rings (SSSR count). The molecule has 0 unspecified atom stereocenters. The molecule has 2 aromatic rings. The van der Waals surface area contributed by atoms with E-state index in [9.17, 15) is 4.79 Å². The van der Waals surface area contributed by atoms with Crippen LogP contribution in [0.15, 0.2) is 35.8 Å². The SMILES string of the molecule is Cc1ccc([C@H]2N(c3nccs3)C(=O)[C@@H]3CCCN32)cc1. The zero-order valence-corrected chi connectivity index (χ0v) is 12.7. The van der Waals surface area contributed by atoms with E-state index in [0.29, 0.717) is 0 Å².